The number of aromatic nitrogens is 1. The van der Waals surface area contributed by atoms with Gasteiger partial charge in [-0.05, 0) is 37.6 Å². The van der Waals surface area contributed by atoms with E-state index in [0.717, 1.165) is 30.0 Å². The molecule has 0 spiro atoms. The van der Waals surface area contributed by atoms with Crippen LogP contribution in [0.3, 0.4) is 0 Å². The molecular formula is C17H22N2O. The molecule has 0 radical (unpaired) electrons. The Kier molecular flexibility index (Phi) is 5.13. The van der Waals surface area contributed by atoms with Gasteiger partial charge < -0.3 is 10.1 Å². The molecule has 0 aliphatic heterocycles. The monoisotopic (exact) mass is 270 g/mol. The molecule has 1 unspecified atom stereocenters. The SMILES string of the molecule is CCNC(C)Cc1ccc(-c2ncccc2OC)cc1. The maximum absolute atomic E-state index is 5.35. The molecule has 20 heavy (non-hydrogen) atoms. The number of likely N-dealkylation sites (N-methyl/N-ethyl adjacent to an activating group) is 1. The molecule has 0 saturated heterocycles. The Morgan fingerprint density at radius 3 is 2.60 bits per heavy atom. The summed E-state index contributed by atoms with van der Waals surface area (Å²) in [7, 11) is 1.67. The van der Waals surface area contributed by atoms with Crippen LogP contribution >= 0.6 is 0 Å². The highest BCUT2D eigenvalue weighted by atomic mass is 16.5. The summed E-state index contributed by atoms with van der Waals surface area (Å²) in [6, 6.07) is 12.9. The zero-order valence-corrected chi connectivity index (χ0v) is 12.4. The fraction of sp³-hybridized carbons (Fsp3) is 0.353. The van der Waals surface area contributed by atoms with E-state index < -0.39 is 0 Å². The minimum Gasteiger partial charge on any atom is -0.494 e. The molecule has 1 aromatic heterocycles. The first-order chi connectivity index (χ1) is 9.74. The molecule has 3 nitrogen and oxygen atoms in total. The van der Waals surface area contributed by atoms with Crippen molar-refractivity contribution >= 4 is 0 Å². The van der Waals surface area contributed by atoms with Crippen molar-refractivity contribution in [1.82, 2.24) is 10.3 Å². The zero-order chi connectivity index (χ0) is 14.4. The van der Waals surface area contributed by atoms with Gasteiger partial charge in [0, 0.05) is 17.8 Å². The summed E-state index contributed by atoms with van der Waals surface area (Å²) in [5.74, 6) is 0.807. The van der Waals surface area contributed by atoms with Crippen LogP contribution < -0.4 is 10.1 Å². The first-order valence-electron chi connectivity index (χ1n) is 7.06. The van der Waals surface area contributed by atoms with Gasteiger partial charge in [0.05, 0.1) is 7.11 Å². The molecule has 1 heterocycles. The minimum atomic E-state index is 0.496. The van der Waals surface area contributed by atoms with E-state index in [0.29, 0.717) is 6.04 Å². The van der Waals surface area contributed by atoms with Crippen LogP contribution in [0.15, 0.2) is 42.6 Å². The third-order valence-corrected chi connectivity index (χ3v) is 3.31. The Balaban J connectivity index is 2.15. The van der Waals surface area contributed by atoms with Crippen molar-refractivity contribution in [1.29, 1.82) is 0 Å². The Morgan fingerprint density at radius 1 is 1.20 bits per heavy atom. The predicted molar refractivity (Wildman–Crippen MR) is 83.1 cm³/mol. The molecule has 2 rings (SSSR count). The van der Waals surface area contributed by atoms with Crippen molar-refractivity contribution in [2.45, 2.75) is 26.3 Å². The van der Waals surface area contributed by atoms with E-state index in [4.69, 9.17) is 4.74 Å². The standard InChI is InChI=1S/C17H22N2O/c1-4-18-13(2)12-14-7-9-15(10-8-14)17-16(20-3)6-5-11-19-17/h5-11,13,18H,4,12H2,1-3H3. The number of nitrogens with one attached hydrogen (secondary N) is 1. The largest absolute Gasteiger partial charge is 0.494 e. The molecule has 0 aliphatic carbocycles. The van der Waals surface area contributed by atoms with Gasteiger partial charge in [-0.2, -0.15) is 0 Å². The zero-order valence-electron chi connectivity index (χ0n) is 12.4. The second-order valence-corrected chi connectivity index (χ2v) is 4.91. The van der Waals surface area contributed by atoms with Crippen molar-refractivity contribution in [2.24, 2.45) is 0 Å². The van der Waals surface area contributed by atoms with Gasteiger partial charge in [-0.1, -0.05) is 31.2 Å². The third kappa shape index (κ3) is 3.58. The molecular weight excluding hydrogens is 248 g/mol. The molecule has 1 atom stereocenters. The van der Waals surface area contributed by atoms with Crippen LogP contribution in [0, 0.1) is 0 Å². The number of hydrogen-bond acceptors (Lipinski definition) is 3. The van der Waals surface area contributed by atoms with Crippen LogP contribution in [0.5, 0.6) is 5.75 Å². The first-order valence-corrected chi connectivity index (χ1v) is 7.06. The quantitative estimate of drug-likeness (QED) is 0.874. The van der Waals surface area contributed by atoms with E-state index in [1.54, 1.807) is 13.3 Å². The first kappa shape index (κ1) is 14.5. The molecule has 0 aliphatic rings. The van der Waals surface area contributed by atoms with Crippen LogP contribution in [0.4, 0.5) is 0 Å². The second-order valence-electron chi connectivity index (χ2n) is 4.91. The number of nitrogens with zero attached hydrogens (tertiary/aromatic N) is 1. The van der Waals surface area contributed by atoms with Gasteiger partial charge in [0.25, 0.3) is 0 Å². The van der Waals surface area contributed by atoms with E-state index in [2.05, 4.69) is 48.4 Å². The highest BCUT2D eigenvalue weighted by molar-refractivity contribution is 5.66. The lowest BCUT2D eigenvalue weighted by atomic mass is 10.0. The molecule has 106 valence electrons. The predicted octanol–water partition coefficient (Wildman–Crippen LogP) is 3.30. The molecule has 1 N–H and O–H groups in total. The number of methoxy groups -OCH3 is 1. The lowest BCUT2D eigenvalue weighted by Gasteiger charge is -2.13. The lowest BCUT2D eigenvalue weighted by molar-refractivity contribution is 0.415. The highest BCUT2D eigenvalue weighted by Gasteiger charge is 2.07. The van der Waals surface area contributed by atoms with Gasteiger partial charge in [0.1, 0.15) is 11.4 Å². The van der Waals surface area contributed by atoms with Gasteiger partial charge in [-0.15, -0.1) is 0 Å². The fourth-order valence-corrected chi connectivity index (χ4v) is 2.34. The topological polar surface area (TPSA) is 34.2 Å². The van der Waals surface area contributed by atoms with Crippen molar-refractivity contribution in [3.8, 4) is 17.0 Å². The molecule has 0 fully saturated rings. The molecule has 0 amide bonds. The molecule has 0 bridgehead atoms. The van der Waals surface area contributed by atoms with Gasteiger partial charge >= 0.3 is 0 Å². The van der Waals surface area contributed by atoms with Crippen LogP contribution in [0.25, 0.3) is 11.3 Å². The second kappa shape index (κ2) is 7.06. The van der Waals surface area contributed by atoms with Gasteiger partial charge in [-0.3, -0.25) is 4.98 Å². The summed E-state index contributed by atoms with van der Waals surface area (Å²) in [6.45, 7) is 5.34. The Morgan fingerprint density at radius 2 is 1.95 bits per heavy atom. The normalized spacial score (nSPS) is 12.2. The van der Waals surface area contributed by atoms with Crippen LogP contribution in [-0.2, 0) is 6.42 Å². The molecule has 1 aromatic carbocycles. The molecule has 0 saturated carbocycles. The van der Waals surface area contributed by atoms with Crippen molar-refractivity contribution in [2.75, 3.05) is 13.7 Å². The summed E-state index contributed by atoms with van der Waals surface area (Å²) in [5.41, 5.74) is 3.31. The van der Waals surface area contributed by atoms with Gasteiger partial charge in [-0.25, -0.2) is 0 Å². The highest BCUT2D eigenvalue weighted by Crippen LogP contribution is 2.27. The number of rotatable bonds is 6. The average molecular weight is 270 g/mol. The summed E-state index contributed by atoms with van der Waals surface area (Å²) < 4.78 is 5.35. The van der Waals surface area contributed by atoms with E-state index >= 15 is 0 Å². The number of ether oxygens (including phenoxy) is 1. The van der Waals surface area contributed by atoms with Crippen LogP contribution in [-0.4, -0.2) is 24.7 Å². The van der Waals surface area contributed by atoms with Crippen molar-refractivity contribution in [3.05, 3.63) is 48.2 Å². The van der Waals surface area contributed by atoms with E-state index in [9.17, 15) is 0 Å². The van der Waals surface area contributed by atoms with E-state index in [1.165, 1.54) is 5.56 Å². The number of pyridine rings is 1. The number of hydrogen-bond donors (Lipinski definition) is 1. The van der Waals surface area contributed by atoms with E-state index in [1.807, 2.05) is 12.1 Å². The van der Waals surface area contributed by atoms with Crippen LogP contribution in [0.2, 0.25) is 0 Å². The van der Waals surface area contributed by atoms with Gasteiger partial charge in [0.15, 0.2) is 0 Å². The summed E-state index contributed by atoms with van der Waals surface area (Å²) in [6.07, 6.45) is 2.83. The maximum atomic E-state index is 5.35. The third-order valence-electron chi connectivity index (χ3n) is 3.31. The Labute approximate surface area is 121 Å². The van der Waals surface area contributed by atoms with Crippen molar-refractivity contribution < 1.29 is 4.74 Å². The smallest absolute Gasteiger partial charge is 0.145 e. The number of benzene rings is 1. The summed E-state index contributed by atoms with van der Waals surface area (Å²) >= 11 is 0. The fourth-order valence-electron chi connectivity index (χ4n) is 2.34. The van der Waals surface area contributed by atoms with Crippen molar-refractivity contribution in [3.63, 3.8) is 0 Å². The van der Waals surface area contributed by atoms with E-state index in [-0.39, 0.29) is 0 Å². The summed E-state index contributed by atoms with van der Waals surface area (Å²) in [4.78, 5) is 4.40. The summed E-state index contributed by atoms with van der Waals surface area (Å²) in [5, 5.41) is 3.43. The maximum Gasteiger partial charge on any atom is 0.145 e. The van der Waals surface area contributed by atoms with Gasteiger partial charge in [0.2, 0.25) is 0 Å². The molecule has 3 heteroatoms. The molecule has 2 aromatic rings. The lowest BCUT2D eigenvalue weighted by Crippen LogP contribution is -2.27. The minimum absolute atomic E-state index is 0.496. The Bertz CT molecular complexity index is 537. The average Bonchev–Trinajstić information content (AvgIpc) is 2.48. The Hall–Kier alpha value is -1.87. The van der Waals surface area contributed by atoms with Crippen LogP contribution in [0.1, 0.15) is 19.4 Å².